The molecule has 0 bridgehead atoms. The fourth-order valence-corrected chi connectivity index (χ4v) is 2.57. The van der Waals surface area contributed by atoms with Crippen LogP contribution in [-0.4, -0.2) is 0 Å². The lowest BCUT2D eigenvalue weighted by Crippen LogP contribution is -2.01. The Hall–Kier alpha value is -1.06. The summed E-state index contributed by atoms with van der Waals surface area (Å²) in [7, 11) is 0. The summed E-state index contributed by atoms with van der Waals surface area (Å²) in [6, 6.07) is 8.60. The molecule has 1 nitrogen and oxygen atoms in total. The highest BCUT2D eigenvalue weighted by Gasteiger charge is 2.08. The molecule has 0 N–H and O–H groups in total. The van der Waals surface area contributed by atoms with Crippen molar-refractivity contribution in [2.75, 3.05) is 0 Å². The van der Waals surface area contributed by atoms with Crippen LogP contribution in [0.25, 0.3) is 0 Å². The first-order valence-corrected chi connectivity index (χ1v) is 6.98. The third kappa shape index (κ3) is 3.48. The lowest BCUT2D eigenvalue weighted by atomic mass is 10.1. The van der Waals surface area contributed by atoms with E-state index in [-0.39, 0.29) is 12.4 Å². The Bertz CT molecular complexity index is 590. The van der Waals surface area contributed by atoms with Gasteiger partial charge in [-0.3, -0.25) is 0 Å². The fourth-order valence-electron chi connectivity index (χ4n) is 1.91. The van der Waals surface area contributed by atoms with Gasteiger partial charge in [-0.15, -0.1) is 0 Å². The Balaban J connectivity index is 2.19. The van der Waals surface area contributed by atoms with Crippen molar-refractivity contribution in [1.29, 1.82) is 0 Å². The zero-order valence-corrected chi connectivity index (χ0v) is 13.0. The lowest BCUT2D eigenvalue weighted by molar-refractivity contribution is 0.296. The summed E-state index contributed by atoms with van der Waals surface area (Å²) in [6.45, 7) is 4.04. The van der Waals surface area contributed by atoms with E-state index in [9.17, 15) is 4.39 Å². The van der Waals surface area contributed by atoms with Crippen molar-refractivity contribution < 1.29 is 9.13 Å². The van der Waals surface area contributed by atoms with E-state index in [1.165, 1.54) is 6.07 Å². The van der Waals surface area contributed by atoms with Crippen LogP contribution >= 0.6 is 27.5 Å². The average molecular weight is 344 g/mol. The number of benzene rings is 2. The second kappa shape index (κ2) is 5.93. The second-order valence-corrected chi connectivity index (χ2v) is 5.75. The minimum absolute atomic E-state index is 0.197. The molecule has 0 saturated carbocycles. The summed E-state index contributed by atoms with van der Waals surface area (Å²) in [6.07, 6.45) is 0. The van der Waals surface area contributed by atoms with Crippen LogP contribution in [0.15, 0.2) is 34.8 Å². The smallest absolute Gasteiger partial charge is 0.130 e. The van der Waals surface area contributed by atoms with Crippen molar-refractivity contribution >= 4 is 27.5 Å². The summed E-state index contributed by atoms with van der Waals surface area (Å²) in [5.74, 6) is 0.477. The van der Waals surface area contributed by atoms with Crippen LogP contribution < -0.4 is 4.74 Å². The SMILES string of the molecule is Cc1cc(Cl)cc(C)c1OCc1ccc(Br)cc1F. The van der Waals surface area contributed by atoms with Crippen LogP contribution in [0.5, 0.6) is 5.75 Å². The van der Waals surface area contributed by atoms with E-state index in [0.717, 1.165) is 16.9 Å². The monoisotopic (exact) mass is 342 g/mol. The average Bonchev–Trinajstić information content (AvgIpc) is 2.30. The number of hydrogen-bond donors (Lipinski definition) is 0. The zero-order chi connectivity index (χ0) is 14.0. The molecule has 0 unspecified atom stereocenters. The Morgan fingerprint density at radius 1 is 1.16 bits per heavy atom. The van der Waals surface area contributed by atoms with Crippen molar-refractivity contribution in [2.45, 2.75) is 20.5 Å². The van der Waals surface area contributed by atoms with Gasteiger partial charge >= 0.3 is 0 Å². The van der Waals surface area contributed by atoms with Gasteiger partial charge in [-0.25, -0.2) is 4.39 Å². The molecular weight excluding hydrogens is 331 g/mol. The van der Waals surface area contributed by atoms with Gasteiger partial charge in [0, 0.05) is 15.1 Å². The Morgan fingerprint density at radius 2 is 1.79 bits per heavy atom. The molecule has 0 aromatic heterocycles. The molecule has 0 saturated heterocycles. The van der Waals surface area contributed by atoms with Gasteiger partial charge in [0.2, 0.25) is 0 Å². The number of hydrogen-bond acceptors (Lipinski definition) is 1. The fraction of sp³-hybridized carbons (Fsp3) is 0.200. The van der Waals surface area contributed by atoms with E-state index in [0.29, 0.717) is 15.1 Å². The van der Waals surface area contributed by atoms with E-state index in [2.05, 4.69) is 15.9 Å². The van der Waals surface area contributed by atoms with Crippen LogP contribution in [0.4, 0.5) is 4.39 Å². The highest BCUT2D eigenvalue weighted by Crippen LogP contribution is 2.28. The number of aryl methyl sites for hydroxylation is 2. The molecule has 0 radical (unpaired) electrons. The third-order valence-electron chi connectivity index (χ3n) is 2.81. The lowest BCUT2D eigenvalue weighted by Gasteiger charge is -2.13. The molecular formula is C15H13BrClFO. The summed E-state index contributed by atoms with van der Waals surface area (Å²) >= 11 is 9.19. The van der Waals surface area contributed by atoms with Crippen LogP contribution in [0.2, 0.25) is 5.02 Å². The molecule has 19 heavy (non-hydrogen) atoms. The Morgan fingerprint density at radius 3 is 2.37 bits per heavy atom. The molecule has 2 rings (SSSR count). The minimum Gasteiger partial charge on any atom is -0.488 e. The summed E-state index contributed by atoms with van der Waals surface area (Å²) in [5, 5.41) is 0.678. The third-order valence-corrected chi connectivity index (χ3v) is 3.52. The van der Waals surface area contributed by atoms with E-state index in [4.69, 9.17) is 16.3 Å². The molecule has 0 aliphatic heterocycles. The topological polar surface area (TPSA) is 9.23 Å². The molecule has 2 aromatic rings. The first-order chi connectivity index (χ1) is 8.97. The highest BCUT2D eigenvalue weighted by atomic mass is 79.9. The molecule has 4 heteroatoms. The number of halogens is 3. The van der Waals surface area contributed by atoms with Crippen LogP contribution in [0, 0.1) is 19.7 Å². The Labute approximate surface area is 125 Å². The minimum atomic E-state index is -0.279. The van der Waals surface area contributed by atoms with Gasteiger partial charge in [0.25, 0.3) is 0 Å². The van der Waals surface area contributed by atoms with E-state index in [1.807, 2.05) is 26.0 Å². The van der Waals surface area contributed by atoms with Gasteiger partial charge in [0.1, 0.15) is 18.2 Å². The van der Waals surface area contributed by atoms with Crippen LogP contribution in [0.3, 0.4) is 0 Å². The number of rotatable bonds is 3. The van der Waals surface area contributed by atoms with E-state index in [1.54, 1.807) is 12.1 Å². The summed E-state index contributed by atoms with van der Waals surface area (Å²) < 4.78 is 20.1. The van der Waals surface area contributed by atoms with Crippen molar-refractivity contribution in [3.05, 3.63) is 62.3 Å². The molecule has 0 aliphatic carbocycles. The highest BCUT2D eigenvalue weighted by molar-refractivity contribution is 9.10. The molecule has 2 aromatic carbocycles. The van der Waals surface area contributed by atoms with Gasteiger partial charge in [-0.05, 0) is 49.2 Å². The van der Waals surface area contributed by atoms with Crippen molar-refractivity contribution in [3.63, 3.8) is 0 Å². The molecule has 0 heterocycles. The van der Waals surface area contributed by atoms with Gasteiger partial charge in [-0.2, -0.15) is 0 Å². The normalized spacial score (nSPS) is 10.6. The predicted molar refractivity (Wildman–Crippen MR) is 79.4 cm³/mol. The second-order valence-electron chi connectivity index (χ2n) is 4.39. The molecule has 100 valence electrons. The molecule has 0 fully saturated rings. The standard InChI is InChI=1S/C15H13BrClFO/c1-9-5-13(17)6-10(2)15(9)19-8-11-3-4-12(16)7-14(11)18/h3-7H,8H2,1-2H3. The quantitative estimate of drug-likeness (QED) is 0.721. The first-order valence-electron chi connectivity index (χ1n) is 5.81. The van der Waals surface area contributed by atoms with Crippen LogP contribution in [0.1, 0.15) is 16.7 Å². The maximum absolute atomic E-state index is 13.7. The van der Waals surface area contributed by atoms with Gasteiger partial charge in [0.05, 0.1) is 0 Å². The molecule has 0 atom stereocenters. The number of ether oxygens (including phenoxy) is 1. The summed E-state index contributed by atoms with van der Waals surface area (Å²) in [4.78, 5) is 0. The largest absolute Gasteiger partial charge is 0.488 e. The van der Waals surface area contributed by atoms with Crippen molar-refractivity contribution in [1.82, 2.24) is 0 Å². The predicted octanol–water partition coefficient (Wildman–Crippen LogP) is 5.44. The van der Waals surface area contributed by atoms with Crippen molar-refractivity contribution in [2.24, 2.45) is 0 Å². The Kier molecular flexibility index (Phi) is 4.48. The van der Waals surface area contributed by atoms with Crippen molar-refractivity contribution in [3.8, 4) is 5.75 Å². The van der Waals surface area contributed by atoms with E-state index < -0.39 is 0 Å². The first kappa shape index (κ1) is 14.4. The molecule has 0 spiro atoms. The molecule has 0 amide bonds. The van der Waals surface area contributed by atoms with Gasteiger partial charge in [-0.1, -0.05) is 33.6 Å². The van der Waals surface area contributed by atoms with Gasteiger partial charge in [0.15, 0.2) is 0 Å². The van der Waals surface area contributed by atoms with E-state index >= 15 is 0 Å². The summed E-state index contributed by atoms with van der Waals surface area (Å²) in [5.41, 5.74) is 2.42. The maximum Gasteiger partial charge on any atom is 0.130 e. The molecule has 0 aliphatic rings. The van der Waals surface area contributed by atoms with Crippen LogP contribution in [-0.2, 0) is 6.61 Å². The zero-order valence-electron chi connectivity index (χ0n) is 10.6. The maximum atomic E-state index is 13.7. The van der Waals surface area contributed by atoms with Gasteiger partial charge < -0.3 is 4.74 Å².